The first-order valence-electron chi connectivity index (χ1n) is 8.37. The molecule has 0 saturated heterocycles. The Morgan fingerprint density at radius 1 is 1.22 bits per heavy atom. The minimum atomic E-state index is -1.67. The zero-order chi connectivity index (χ0) is 17.3. The van der Waals surface area contributed by atoms with Crippen LogP contribution in [-0.2, 0) is 10.8 Å². The van der Waals surface area contributed by atoms with E-state index in [2.05, 4.69) is 39.9 Å². The first-order chi connectivity index (χ1) is 10.6. The van der Waals surface area contributed by atoms with E-state index >= 15 is 0 Å². The Hall–Kier alpha value is -1.39. The molecule has 0 aliphatic carbocycles. The summed E-state index contributed by atoms with van der Waals surface area (Å²) >= 11 is 0. The first-order valence-corrected chi connectivity index (χ1v) is 11.3. The second kappa shape index (κ2) is 6.61. The number of hydrogen-bond donors (Lipinski definition) is 0. The number of carbonyl (C=O) groups excluding carboxylic acids is 1. The highest BCUT2D eigenvalue weighted by Gasteiger charge is 2.36. The van der Waals surface area contributed by atoms with E-state index in [1.54, 1.807) is 11.5 Å². The lowest BCUT2D eigenvalue weighted by Crippen LogP contribution is -2.41. The van der Waals surface area contributed by atoms with Crippen molar-refractivity contribution in [2.24, 2.45) is 0 Å². The summed E-state index contributed by atoms with van der Waals surface area (Å²) in [6, 6.07) is 8.11. The Bertz CT molecular complexity index is 695. The molecule has 0 atom stereocenters. The predicted octanol–water partition coefficient (Wildman–Crippen LogP) is 5.26. The Morgan fingerprint density at radius 3 is 2.48 bits per heavy atom. The lowest BCUT2D eigenvalue weighted by molar-refractivity contribution is 0.0941. The third-order valence-corrected chi connectivity index (χ3v) is 9.53. The second-order valence-corrected chi connectivity index (χ2v) is 12.6. The minimum Gasteiger partial charge on any atom is -0.417 e. The third kappa shape index (κ3) is 3.93. The van der Waals surface area contributed by atoms with Crippen molar-refractivity contribution in [1.82, 2.24) is 4.57 Å². The SMILES string of the molecule is CC(=O)n1cc(CCCO[Si](C)(C)C(C)(C)C)c2ccccc21. The molecule has 2 rings (SSSR count). The van der Waals surface area contributed by atoms with Crippen molar-refractivity contribution >= 4 is 25.1 Å². The highest BCUT2D eigenvalue weighted by molar-refractivity contribution is 6.74. The van der Waals surface area contributed by atoms with Crippen LogP contribution in [0.3, 0.4) is 0 Å². The van der Waals surface area contributed by atoms with Crippen molar-refractivity contribution in [2.75, 3.05) is 6.61 Å². The summed E-state index contributed by atoms with van der Waals surface area (Å²) in [6.45, 7) is 13.8. The van der Waals surface area contributed by atoms with Gasteiger partial charge in [0.25, 0.3) is 0 Å². The average molecular weight is 332 g/mol. The van der Waals surface area contributed by atoms with Gasteiger partial charge in [0.15, 0.2) is 8.32 Å². The monoisotopic (exact) mass is 331 g/mol. The maximum Gasteiger partial charge on any atom is 0.227 e. The highest BCUT2D eigenvalue weighted by Crippen LogP contribution is 2.36. The molecule has 0 unspecified atom stereocenters. The molecule has 0 fully saturated rings. The van der Waals surface area contributed by atoms with E-state index in [0.717, 1.165) is 25.0 Å². The molecule has 1 aromatic heterocycles. The van der Waals surface area contributed by atoms with Gasteiger partial charge in [-0.1, -0.05) is 39.0 Å². The van der Waals surface area contributed by atoms with Gasteiger partial charge in [0.2, 0.25) is 5.91 Å². The van der Waals surface area contributed by atoms with Gasteiger partial charge < -0.3 is 4.43 Å². The van der Waals surface area contributed by atoms with E-state index in [-0.39, 0.29) is 10.9 Å². The molecule has 2 aromatic rings. The zero-order valence-electron chi connectivity index (χ0n) is 15.3. The highest BCUT2D eigenvalue weighted by atomic mass is 28.4. The van der Waals surface area contributed by atoms with Crippen molar-refractivity contribution in [2.45, 2.75) is 58.7 Å². The molecular formula is C19H29NO2Si. The number of fused-ring (bicyclic) bond motifs is 1. The molecule has 0 bridgehead atoms. The predicted molar refractivity (Wildman–Crippen MR) is 99.7 cm³/mol. The topological polar surface area (TPSA) is 31.2 Å². The molecule has 0 saturated carbocycles. The van der Waals surface area contributed by atoms with Gasteiger partial charge in [-0.05, 0) is 42.6 Å². The molecule has 4 heteroatoms. The van der Waals surface area contributed by atoms with Gasteiger partial charge in [-0.25, -0.2) is 0 Å². The largest absolute Gasteiger partial charge is 0.417 e. The summed E-state index contributed by atoms with van der Waals surface area (Å²) < 4.78 is 8.00. The fourth-order valence-electron chi connectivity index (χ4n) is 2.52. The maximum atomic E-state index is 11.8. The van der Waals surface area contributed by atoms with Crippen LogP contribution < -0.4 is 0 Å². The van der Waals surface area contributed by atoms with Crippen molar-refractivity contribution in [3.05, 3.63) is 36.0 Å². The van der Waals surface area contributed by atoms with Crippen LogP contribution in [-0.4, -0.2) is 25.4 Å². The molecular weight excluding hydrogens is 302 g/mol. The summed E-state index contributed by atoms with van der Waals surface area (Å²) in [5.74, 6) is 0.0602. The van der Waals surface area contributed by atoms with E-state index in [1.165, 1.54) is 10.9 Å². The number of carbonyl (C=O) groups is 1. The summed E-state index contributed by atoms with van der Waals surface area (Å²) in [5, 5.41) is 1.42. The number of para-hydroxylation sites is 1. The summed E-state index contributed by atoms with van der Waals surface area (Å²) in [7, 11) is -1.67. The molecule has 0 amide bonds. The average Bonchev–Trinajstić information content (AvgIpc) is 2.82. The van der Waals surface area contributed by atoms with Crippen LogP contribution in [0.15, 0.2) is 30.5 Å². The third-order valence-electron chi connectivity index (χ3n) is 4.99. The van der Waals surface area contributed by atoms with Crippen LogP contribution >= 0.6 is 0 Å². The molecule has 23 heavy (non-hydrogen) atoms. The van der Waals surface area contributed by atoms with E-state index < -0.39 is 8.32 Å². The molecule has 3 nitrogen and oxygen atoms in total. The summed E-state index contributed by atoms with van der Waals surface area (Å²) in [6.07, 6.45) is 3.91. The number of rotatable bonds is 5. The molecule has 0 spiro atoms. The van der Waals surface area contributed by atoms with Crippen molar-refractivity contribution in [3.8, 4) is 0 Å². The smallest absolute Gasteiger partial charge is 0.227 e. The lowest BCUT2D eigenvalue weighted by Gasteiger charge is -2.36. The standard InChI is InChI=1S/C19H29NO2Si/c1-15(21)20-14-16(17-11-7-8-12-18(17)20)10-9-13-22-23(5,6)19(2,3)4/h7-8,11-12,14H,9-10,13H2,1-6H3. The van der Waals surface area contributed by atoms with Gasteiger partial charge in [-0.3, -0.25) is 9.36 Å². The molecule has 1 heterocycles. The summed E-state index contributed by atoms with van der Waals surface area (Å²) in [4.78, 5) is 11.8. The van der Waals surface area contributed by atoms with Crippen LogP contribution in [0.2, 0.25) is 18.1 Å². The fourth-order valence-corrected chi connectivity index (χ4v) is 3.60. The molecule has 0 aliphatic heterocycles. The number of hydrogen-bond acceptors (Lipinski definition) is 2. The van der Waals surface area contributed by atoms with E-state index in [4.69, 9.17) is 4.43 Å². The van der Waals surface area contributed by atoms with Gasteiger partial charge >= 0.3 is 0 Å². The van der Waals surface area contributed by atoms with E-state index in [0.29, 0.717) is 0 Å². The van der Waals surface area contributed by atoms with Crippen molar-refractivity contribution in [1.29, 1.82) is 0 Å². The Labute approximate surface area is 140 Å². The number of aromatic nitrogens is 1. The second-order valence-electron chi connectivity index (χ2n) is 7.77. The quantitative estimate of drug-likeness (QED) is 0.553. The molecule has 0 radical (unpaired) electrons. The van der Waals surface area contributed by atoms with Crippen LogP contribution in [0.5, 0.6) is 0 Å². The van der Waals surface area contributed by atoms with Crippen LogP contribution in [0.1, 0.15) is 44.5 Å². The molecule has 0 N–H and O–H groups in total. The molecule has 126 valence electrons. The Kier molecular flexibility index (Phi) is 5.16. The van der Waals surface area contributed by atoms with Crippen molar-refractivity contribution in [3.63, 3.8) is 0 Å². The van der Waals surface area contributed by atoms with Crippen LogP contribution in [0, 0.1) is 0 Å². The van der Waals surface area contributed by atoms with Gasteiger partial charge in [0, 0.05) is 25.1 Å². The number of nitrogens with zero attached hydrogens (tertiary/aromatic N) is 1. The van der Waals surface area contributed by atoms with E-state index in [9.17, 15) is 4.79 Å². The zero-order valence-corrected chi connectivity index (χ0v) is 16.3. The normalized spacial score (nSPS) is 12.8. The fraction of sp³-hybridized carbons (Fsp3) is 0.526. The Morgan fingerprint density at radius 2 is 1.87 bits per heavy atom. The Balaban J connectivity index is 2.05. The minimum absolute atomic E-state index is 0.0602. The van der Waals surface area contributed by atoms with Gasteiger partial charge in [-0.2, -0.15) is 0 Å². The first kappa shape index (κ1) is 18.0. The molecule has 0 aliphatic rings. The lowest BCUT2D eigenvalue weighted by atomic mass is 10.1. The number of aryl methyl sites for hydroxylation is 1. The van der Waals surface area contributed by atoms with E-state index in [1.807, 2.05) is 24.4 Å². The van der Waals surface area contributed by atoms with Gasteiger partial charge in [-0.15, -0.1) is 0 Å². The van der Waals surface area contributed by atoms with Gasteiger partial charge in [0.1, 0.15) is 0 Å². The maximum absolute atomic E-state index is 11.8. The number of benzene rings is 1. The van der Waals surface area contributed by atoms with Gasteiger partial charge in [0.05, 0.1) is 5.52 Å². The summed E-state index contributed by atoms with van der Waals surface area (Å²) in [5.41, 5.74) is 2.23. The van der Waals surface area contributed by atoms with Crippen molar-refractivity contribution < 1.29 is 9.22 Å². The van der Waals surface area contributed by atoms with Crippen LogP contribution in [0.25, 0.3) is 10.9 Å². The molecule has 1 aromatic carbocycles. The van der Waals surface area contributed by atoms with Crippen LogP contribution in [0.4, 0.5) is 0 Å².